The number of hydrogen-bond donors (Lipinski definition) is 3. The van der Waals surface area contributed by atoms with Gasteiger partial charge in [0, 0.05) is 24.0 Å². The van der Waals surface area contributed by atoms with E-state index in [-0.39, 0.29) is 0 Å². The number of anilines is 2. The maximum absolute atomic E-state index is 13.3. The van der Waals surface area contributed by atoms with Crippen LogP contribution in [0.15, 0.2) is 36.5 Å². The van der Waals surface area contributed by atoms with Gasteiger partial charge in [0.1, 0.15) is 17.4 Å². The average Bonchev–Trinajstić information content (AvgIpc) is 2.46. The van der Waals surface area contributed by atoms with Crippen LogP contribution in [0.2, 0.25) is 0 Å². The van der Waals surface area contributed by atoms with Crippen molar-refractivity contribution in [2.24, 2.45) is 5.84 Å². The van der Waals surface area contributed by atoms with Crippen molar-refractivity contribution in [3.8, 4) is 5.75 Å². The number of carbonyl (C=O) groups excluding carboxylic acids is 1. The first-order valence-corrected chi connectivity index (χ1v) is 5.71. The Morgan fingerprint density at radius 3 is 2.75 bits per heavy atom. The first-order valence-electron chi connectivity index (χ1n) is 5.71. The molecule has 0 unspecified atom stereocenters. The summed E-state index contributed by atoms with van der Waals surface area (Å²) in [5, 5.41) is 2.56. The van der Waals surface area contributed by atoms with Gasteiger partial charge in [0.15, 0.2) is 0 Å². The van der Waals surface area contributed by atoms with Gasteiger partial charge in [-0.2, -0.15) is 0 Å². The van der Waals surface area contributed by atoms with Crippen LogP contribution < -0.4 is 21.3 Å². The van der Waals surface area contributed by atoms with E-state index < -0.39 is 11.7 Å². The van der Waals surface area contributed by atoms with E-state index in [0.29, 0.717) is 22.8 Å². The van der Waals surface area contributed by atoms with Gasteiger partial charge in [0.05, 0.1) is 12.7 Å². The van der Waals surface area contributed by atoms with E-state index in [1.54, 1.807) is 12.1 Å². The highest BCUT2D eigenvalue weighted by Crippen LogP contribution is 2.20. The van der Waals surface area contributed by atoms with Gasteiger partial charge in [-0.1, -0.05) is 0 Å². The molecule has 0 bridgehead atoms. The number of nitrogens with two attached hydrogens (primary N) is 1. The van der Waals surface area contributed by atoms with E-state index in [1.807, 2.05) is 0 Å². The first kappa shape index (κ1) is 13.8. The van der Waals surface area contributed by atoms with Crippen LogP contribution in [0.4, 0.5) is 15.9 Å². The number of hydrogen-bond acceptors (Lipinski definition) is 5. The molecule has 0 saturated heterocycles. The summed E-state index contributed by atoms with van der Waals surface area (Å²) in [5.74, 6) is 5.03. The topological polar surface area (TPSA) is 89.3 Å². The summed E-state index contributed by atoms with van der Waals surface area (Å²) in [5.41, 5.74) is 2.98. The highest BCUT2D eigenvalue weighted by atomic mass is 19.1. The van der Waals surface area contributed by atoms with Crippen LogP contribution in [0, 0.1) is 5.82 Å². The Morgan fingerprint density at radius 1 is 1.35 bits per heavy atom. The molecule has 1 amide bonds. The van der Waals surface area contributed by atoms with Gasteiger partial charge in [0.2, 0.25) is 0 Å². The molecule has 2 aromatic rings. The molecule has 0 fully saturated rings. The summed E-state index contributed by atoms with van der Waals surface area (Å²) in [6, 6.07) is 7.04. The molecule has 7 heteroatoms. The number of nitrogens with zero attached hydrogens (tertiary/aromatic N) is 1. The number of amides is 1. The highest BCUT2D eigenvalue weighted by Gasteiger charge is 2.08. The van der Waals surface area contributed by atoms with Crippen molar-refractivity contribution in [2.75, 3.05) is 17.9 Å². The molecule has 104 valence electrons. The van der Waals surface area contributed by atoms with Gasteiger partial charge in [0.25, 0.3) is 5.91 Å². The molecule has 0 aliphatic carbocycles. The average molecular weight is 276 g/mol. The lowest BCUT2D eigenvalue weighted by Gasteiger charge is -2.08. The minimum absolute atomic E-state index is 0.299. The number of rotatable bonds is 4. The number of halogens is 1. The third-order valence-corrected chi connectivity index (χ3v) is 2.54. The quantitative estimate of drug-likeness (QED) is 0.585. The molecule has 20 heavy (non-hydrogen) atoms. The summed E-state index contributed by atoms with van der Waals surface area (Å²) in [6.07, 6.45) is 1.36. The Bertz CT molecular complexity index is 616. The van der Waals surface area contributed by atoms with E-state index in [9.17, 15) is 9.18 Å². The largest absolute Gasteiger partial charge is 0.497 e. The molecule has 1 heterocycles. The number of carbonyl (C=O) groups is 1. The number of nitrogens with one attached hydrogen (secondary N) is 2. The van der Waals surface area contributed by atoms with E-state index >= 15 is 0 Å². The van der Waals surface area contributed by atoms with Gasteiger partial charge >= 0.3 is 0 Å². The Labute approximate surface area is 114 Å². The molecule has 6 nitrogen and oxygen atoms in total. The van der Waals surface area contributed by atoms with Gasteiger partial charge in [-0.25, -0.2) is 15.2 Å². The van der Waals surface area contributed by atoms with Crippen molar-refractivity contribution >= 4 is 17.4 Å². The molecule has 0 radical (unpaired) electrons. The Morgan fingerprint density at radius 2 is 2.15 bits per heavy atom. The lowest BCUT2D eigenvalue weighted by molar-refractivity contribution is 0.102. The van der Waals surface area contributed by atoms with Crippen LogP contribution in [0.25, 0.3) is 0 Å². The Hall–Kier alpha value is -2.67. The lowest BCUT2D eigenvalue weighted by atomic mass is 10.2. The zero-order valence-corrected chi connectivity index (χ0v) is 10.7. The number of ether oxygens (including phenoxy) is 1. The zero-order valence-electron chi connectivity index (χ0n) is 10.7. The summed E-state index contributed by atoms with van der Waals surface area (Å²) < 4.78 is 18.2. The fourth-order valence-corrected chi connectivity index (χ4v) is 1.57. The standard InChI is InChI=1S/C13H13FN4O2/c1-20-11-5-9(14)4-10(6-11)17-13(19)8-2-3-12(18-15)16-7-8/h2-7H,15H2,1H3,(H,16,18)(H,17,19). The van der Waals surface area contributed by atoms with Gasteiger partial charge in [-0.3, -0.25) is 4.79 Å². The summed E-state index contributed by atoms with van der Waals surface area (Å²) in [4.78, 5) is 15.9. The molecule has 0 atom stereocenters. The van der Waals surface area contributed by atoms with Gasteiger partial charge in [-0.15, -0.1) is 0 Å². The van der Waals surface area contributed by atoms with Crippen LogP contribution in [-0.4, -0.2) is 18.0 Å². The second kappa shape index (κ2) is 5.98. The first-order chi connectivity index (χ1) is 9.62. The van der Waals surface area contributed by atoms with Crippen LogP contribution in [0.5, 0.6) is 5.75 Å². The normalized spacial score (nSPS) is 9.95. The molecule has 4 N–H and O–H groups in total. The number of benzene rings is 1. The van der Waals surface area contributed by atoms with Gasteiger partial charge < -0.3 is 15.5 Å². The lowest BCUT2D eigenvalue weighted by Crippen LogP contribution is -2.13. The molecule has 1 aromatic heterocycles. The zero-order chi connectivity index (χ0) is 14.5. The summed E-state index contributed by atoms with van der Waals surface area (Å²) >= 11 is 0. The Balaban J connectivity index is 2.16. The van der Waals surface area contributed by atoms with Crippen LogP contribution in [-0.2, 0) is 0 Å². The number of pyridine rings is 1. The van der Waals surface area contributed by atoms with Crippen molar-refractivity contribution in [1.82, 2.24) is 4.98 Å². The second-order valence-corrected chi connectivity index (χ2v) is 3.91. The predicted octanol–water partition coefficient (Wildman–Crippen LogP) is 1.77. The molecule has 0 aliphatic rings. The van der Waals surface area contributed by atoms with Crippen molar-refractivity contribution in [1.29, 1.82) is 0 Å². The number of hydrazine groups is 1. The van der Waals surface area contributed by atoms with E-state index in [1.165, 1.54) is 31.5 Å². The van der Waals surface area contributed by atoms with Crippen molar-refractivity contribution in [3.63, 3.8) is 0 Å². The van der Waals surface area contributed by atoms with Crippen LogP contribution in [0.3, 0.4) is 0 Å². The maximum Gasteiger partial charge on any atom is 0.257 e. The van der Waals surface area contributed by atoms with Crippen molar-refractivity contribution in [2.45, 2.75) is 0 Å². The number of methoxy groups -OCH3 is 1. The monoisotopic (exact) mass is 276 g/mol. The number of nitrogen functional groups attached to an aromatic ring is 1. The predicted molar refractivity (Wildman–Crippen MR) is 73.0 cm³/mol. The molecule has 0 aliphatic heterocycles. The molecule has 1 aromatic carbocycles. The van der Waals surface area contributed by atoms with E-state index in [2.05, 4.69) is 15.7 Å². The Kier molecular flexibility index (Phi) is 4.11. The van der Waals surface area contributed by atoms with Crippen LogP contribution in [0.1, 0.15) is 10.4 Å². The molecule has 2 rings (SSSR count). The number of aromatic nitrogens is 1. The summed E-state index contributed by atoms with van der Waals surface area (Å²) in [6.45, 7) is 0. The van der Waals surface area contributed by atoms with Crippen molar-refractivity contribution < 1.29 is 13.9 Å². The van der Waals surface area contributed by atoms with Crippen molar-refractivity contribution in [3.05, 3.63) is 47.9 Å². The minimum atomic E-state index is -0.500. The third kappa shape index (κ3) is 3.21. The molecule has 0 spiro atoms. The fourth-order valence-electron chi connectivity index (χ4n) is 1.57. The second-order valence-electron chi connectivity index (χ2n) is 3.91. The molecule has 0 saturated carbocycles. The maximum atomic E-state index is 13.3. The third-order valence-electron chi connectivity index (χ3n) is 2.54. The molecular weight excluding hydrogens is 263 g/mol. The minimum Gasteiger partial charge on any atom is -0.497 e. The highest BCUT2D eigenvalue weighted by molar-refractivity contribution is 6.04. The summed E-state index contributed by atoms with van der Waals surface area (Å²) in [7, 11) is 1.42. The van der Waals surface area contributed by atoms with Gasteiger partial charge in [-0.05, 0) is 18.2 Å². The fraction of sp³-hybridized carbons (Fsp3) is 0.0769. The molecular formula is C13H13FN4O2. The van der Waals surface area contributed by atoms with E-state index in [0.717, 1.165) is 0 Å². The van der Waals surface area contributed by atoms with E-state index in [4.69, 9.17) is 10.6 Å². The SMILES string of the molecule is COc1cc(F)cc(NC(=O)c2ccc(NN)nc2)c1. The van der Waals surface area contributed by atoms with Crippen LogP contribution >= 0.6 is 0 Å². The smallest absolute Gasteiger partial charge is 0.257 e.